The van der Waals surface area contributed by atoms with Gasteiger partial charge >= 0.3 is 6.16 Å². The lowest BCUT2D eigenvalue weighted by atomic mass is 9.79. The summed E-state index contributed by atoms with van der Waals surface area (Å²) in [5.41, 5.74) is -0.537. The third kappa shape index (κ3) is 5.01. The van der Waals surface area contributed by atoms with E-state index in [-0.39, 0.29) is 11.3 Å². The average Bonchev–Trinajstić information content (AvgIpc) is 3.40. The molecule has 3 atom stereocenters. The van der Waals surface area contributed by atoms with Gasteiger partial charge in [-0.3, -0.25) is 14.3 Å². The number of halogens is 3. The van der Waals surface area contributed by atoms with Crippen LogP contribution in [0.5, 0.6) is 5.75 Å². The molecule has 1 fully saturated rings. The molecule has 12 heteroatoms. The van der Waals surface area contributed by atoms with Crippen molar-refractivity contribution in [3.8, 4) is 5.75 Å². The van der Waals surface area contributed by atoms with E-state index in [0.29, 0.717) is 24.9 Å². The second-order valence-corrected chi connectivity index (χ2v) is 9.83. The number of aromatic nitrogens is 2. The highest BCUT2D eigenvalue weighted by molar-refractivity contribution is 5.96. The molecule has 9 nitrogen and oxygen atoms in total. The minimum Gasteiger partial charge on any atom is -0.451 e. The van der Waals surface area contributed by atoms with Crippen LogP contribution in [0.3, 0.4) is 0 Å². The van der Waals surface area contributed by atoms with Crippen molar-refractivity contribution in [2.45, 2.75) is 50.8 Å². The van der Waals surface area contributed by atoms with Gasteiger partial charge in [0.1, 0.15) is 5.82 Å². The molecule has 210 valence electrons. The van der Waals surface area contributed by atoms with Crippen LogP contribution >= 0.6 is 0 Å². The SMILES string of the molecule is CC(C)OC(=O)OCOc1c2n(ncc1=O)[C@@H](C(c1ccc(F)cc1)c1cccc(F)c1F)[C@H]1CCCN1C2=O. The zero-order valence-corrected chi connectivity index (χ0v) is 21.7. The van der Waals surface area contributed by atoms with Crippen molar-refractivity contribution in [3.63, 3.8) is 0 Å². The van der Waals surface area contributed by atoms with Gasteiger partial charge in [-0.1, -0.05) is 24.3 Å². The minimum absolute atomic E-state index is 0.0218. The first kappa shape index (κ1) is 27.2. The lowest BCUT2D eigenvalue weighted by molar-refractivity contribution is -0.00949. The lowest BCUT2D eigenvalue weighted by Crippen LogP contribution is -2.51. The quantitative estimate of drug-likeness (QED) is 0.310. The Morgan fingerprint density at radius 1 is 1.10 bits per heavy atom. The van der Waals surface area contributed by atoms with Crippen LogP contribution in [0.4, 0.5) is 18.0 Å². The van der Waals surface area contributed by atoms with Crippen molar-refractivity contribution >= 4 is 12.1 Å². The van der Waals surface area contributed by atoms with Gasteiger partial charge in [0.25, 0.3) is 5.91 Å². The van der Waals surface area contributed by atoms with E-state index in [1.54, 1.807) is 18.7 Å². The van der Waals surface area contributed by atoms with E-state index in [4.69, 9.17) is 14.2 Å². The number of ether oxygens (including phenoxy) is 3. The minimum atomic E-state index is -1.09. The molecule has 1 aromatic heterocycles. The van der Waals surface area contributed by atoms with Gasteiger partial charge in [0.15, 0.2) is 17.3 Å². The maximum atomic E-state index is 15.3. The summed E-state index contributed by atoms with van der Waals surface area (Å²) in [6, 6.07) is 7.81. The average molecular weight is 558 g/mol. The number of fused-ring (bicyclic) bond motifs is 2. The van der Waals surface area contributed by atoms with Crippen LogP contribution in [0.2, 0.25) is 0 Å². The number of amides is 1. The predicted molar refractivity (Wildman–Crippen MR) is 134 cm³/mol. The first-order valence-corrected chi connectivity index (χ1v) is 12.8. The summed E-state index contributed by atoms with van der Waals surface area (Å²) in [7, 11) is 0. The number of nitrogens with zero attached hydrogens (tertiary/aromatic N) is 3. The van der Waals surface area contributed by atoms with Crippen LogP contribution in [0.15, 0.2) is 53.5 Å². The molecule has 0 radical (unpaired) electrons. The summed E-state index contributed by atoms with van der Waals surface area (Å²) in [5.74, 6) is -4.56. The van der Waals surface area contributed by atoms with Crippen LogP contribution < -0.4 is 10.2 Å². The Balaban J connectivity index is 1.65. The molecule has 0 saturated carbocycles. The van der Waals surface area contributed by atoms with Crippen molar-refractivity contribution in [2.75, 3.05) is 13.3 Å². The molecule has 0 aliphatic carbocycles. The van der Waals surface area contributed by atoms with Crippen LogP contribution in [0.25, 0.3) is 0 Å². The third-order valence-corrected chi connectivity index (χ3v) is 7.01. The Hall–Kier alpha value is -4.35. The Bertz CT molecular complexity index is 1490. The van der Waals surface area contributed by atoms with E-state index in [1.807, 2.05) is 0 Å². The molecule has 2 aromatic carbocycles. The smallest absolute Gasteiger partial charge is 0.451 e. The molecule has 0 bridgehead atoms. The molecule has 5 rings (SSSR count). The number of hydrogen-bond acceptors (Lipinski definition) is 7. The maximum absolute atomic E-state index is 15.3. The number of hydrogen-bond donors (Lipinski definition) is 0. The summed E-state index contributed by atoms with van der Waals surface area (Å²) < 4.78 is 60.2. The highest BCUT2D eigenvalue weighted by atomic mass is 19.2. The van der Waals surface area contributed by atoms with E-state index >= 15 is 4.39 Å². The molecule has 0 N–H and O–H groups in total. The van der Waals surface area contributed by atoms with E-state index in [0.717, 1.165) is 12.3 Å². The fraction of sp³-hybridized carbons (Fsp3) is 0.357. The molecule has 2 aliphatic heterocycles. The van der Waals surface area contributed by atoms with Gasteiger partial charge in [0.2, 0.25) is 18.0 Å². The van der Waals surface area contributed by atoms with Gasteiger partial charge in [0, 0.05) is 18.0 Å². The number of carbonyl (C=O) groups excluding carboxylic acids is 2. The molecule has 0 spiro atoms. The van der Waals surface area contributed by atoms with E-state index in [2.05, 4.69) is 5.10 Å². The summed E-state index contributed by atoms with van der Waals surface area (Å²) in [4.78, 5) is 39.8. The molecule has 40 heavy (non-hydrogen) atoms. The van der Waals surface area contributed by atoms with E-state index < -0.39 is 71.6 Å². The molecule has 2 aliphatic rings. The van der Waals surface area contributed by atoms with Crippen LogP contribution in [-0.2, 0) is 9.47 Å². The molecule has 1 amide bonds. The van der Waals surface area contributed by atoms with E-state index in [9.17, 15) is 23.2 Å². The molecule has 1 saturated heterocycles. The molecular formula is C28H26F3N3O6. The first-order valence-electron chi connectivity index (χ1n) is 12.8. The number of benzene rings is 2. The Labute approximate surface area is 227 Å². The normalized spacial score (nSPS) is 18.8. The van der Waals surface area contributed by atoms with Crippen molar-refractivity contribution in [1.29, 1.82) is 0 Å². The van der Waals surface area contributed by atoms with Gasteiger partial charge in [-0.05, 0) is 50.5 Å². The second kappa shape index (κ2) is 11.0. The summed E-state index contributed by atoms with van der Waals surface area (Å²) in [6.45, 7) is 2.87. The van der Waals surface area contributed by atoms with Crippen LogP contribution in [0.1, 0.15) is 60.3 Å². The summed E-state index contributed by atoms with van der Waals surface area (Å²) in [5, 5.41) is 4.25. The van der Waals surface area contributed by atoms with Crippen molar-refractivity contribution in [1.82, 2.24) is 14.7 Å². The summed E-state index contributed by atoms with van der Waals surface area (Å²) >= 11 is 0. The molecular weight excluding hydrogens is 531 g/mol. The predicted octanol–water partition coefficient (Wildman–Crippen LogP) is 4.55. The monoisotopic (exact) mass is 557 g/mol. The Kier molecular flexibility index (Phi) is 7.51. The molecule has 3 heterocycles. The van der Waals surface area contributed by atoms with Crippen LogP contribution in [-0.4, -0.2) is 52.2 Å². The third-order valence-electron chi connectivity index (χ3n) is 7.01. The summed E-state index contributed by atoms with van der Waals surface area (Å²) in [6.07, 6.45) is 0.611. The number of carbonyl (C=O) groups is 2. The number of rotatable bonds is 7. The van der Waals surface area contributed by atoms with Gasteiger partial charge in [-0.2, -0.15) is 5.10 Å². The van der Waals surface area contributed by atoms with Crippen LogP contribution in [0, 0.1) is 17.5 Å². The Morgan fingerprint density at radius 2 is 1.85 bits per heavy atom. The van der Waals surface area contributed by atoms with Gasteiger partial charge in [-0.15, -0.1) is 0 Å². The van der Waals surface area contributed by atoms with Crippen molar-refractivity contribution in [2.24, 2.45) is 0 Å². The molecule has 3 aromatic rings. The topological polar surface area (TPSA) is 100.0 Å². The fourth-order valence-electron chi connectivity index (χ4n) is 5.43. The van der Waals surface area contributed by atoms with Crippen molar-refractivity contribution in [3.05, 3.63) is 93.2 Å². The zero-order valence-electron chi connectivity index (χ0n) is 21.7. The Morgan fingerprint density at radius 3 is 2.58 bits per heavy atom. The fourth-order valence-corrected chi connectivity index (χ4v) is 5.43. The van der Waals surface area contributed by atoms with Crippen molar-refractivity contribution < 1.29 is 37.0 Å². The zero-order chi connectivity index (χ0) is 28.6. The van der Waals surface area contributed by atoms with Gasteiger partial charge in [0.05, 0.1) is 24.4 Å². The van der Waals surface area contributed by atoms with E-state index in [1.165, 1.54) is 41.1 Å². The first-order chi connectivity index (χ1) is 19.2. The van der Waals surface area contributed by atoms with Gasteiger partial charge < -0.3 is 19.1 Å². The maximum Gasteiger partial charge on any atom is 0.511 e. The largest absolute Gasteiger partial charge is 0.511 e. The molecule has 1 unspecified atom stereocenters. The highest BCUT2D eigenvalue weighted by Gasteiger charge is 2.49. The second-order valence-electron chi connectivity index (χ2n) is 9.83. The standard InChI is InChI=1S/C28H26F3N3O6/c1-15(2)40-28(37)39-14-38-26-21(35)13-32-34-24(20-7-4-12-33(20)27(36)25(26)34)22(16-8-10-17(29)11-9-16)18-5-3-6-19(30)23(18)31/h3,5-6,8-11,13,15,20,22,24H,4,7,12,14H2,1-2H3/t20-,22?,24-/m1/s1. The van der Waals surface area contributed by atoms with Gasteiger partial charge in [-0.25, -0.2) is 18.0 Å². The lowest BCUT2D eigenvalue weighted by Gasteiger charge is -2.42. The highest BCUT2D eigenvalue weighted by Crippen LogP contribution is 2.46.